The second kappa shape index (κ2) is 9.74. The molecule has 1 fully saturated rings. The van der Waals surface area contributed by atoms with Crippen LogP contribution in [0.3, 0.4) is 0 Å². The van der Waals surface area contributed by atoms with E-state index < -0.39 is 0 Å². The first-order valence-corrected chi connectivity index (χ1v) is 10.4. The summed E-state index contributed by atoms with van der Waals surface area (Å²) in [6, 6.07) is 22.5. The van der Waals surface area contributed by atoms with Crippen molar-refractivity contribution >= 4 is 16.7 Å². The van der Waals surface area contributed by atoms with Crippen molar-refractivity contribution in [2.24, 2.45) is 0 Å². The average Bonchev–Trinajstić information content (AvgIpc) is 2.80. The van der Waals surface area contributed by atoms with Crippen LogP contribution in [0.4, 0.5) is 0 Å². The van der Waals surface area contributed by atoms with E-state index in [0.717, 1.165) is 40.7 Å². The molecule has 0 saturated carbocycles. The van der Waals surface area contributed by atoms with Gasteiger partial charge in [0.2, 0.25) is 5.91 Å². The Morgan fingerprint density at radius 2 is 1.83 bits per heavy atom. The molecule has 3 aromatic rings. The van der Waals surface area contributed by atoms with Gasteiger partial charge in [0.25, 0.3) is 0 Å². The Labute approximate surface area is 177 Å². The largest absolute Gasteiger partial charge is 0.497 e. The number of morpholine rings is 1. The van der Waals surface area contributed by atoms with Gasteiger partial charge >= 0.3 is 0 Å². The molecule has 0 unspecified atom stereocenters. The van der Waals surface area contributed by atoms with Gasteiger partial charge in [-0.1, -0.05) is 54.6 Å². The molecule has 0 aromatic heterocycles. The molecule has 0 radical (unpaired) electrons. The number of carbonyl (C=O) groups is 1. The number of amides is 1. The van der Waals surface area contributed by atoms with Crippen LogP contribution in [0.25, 0.3) is 10.8 Å². The molecule has 1 N–H and O–H groups in total. The van der Waals surface area contributed by atoms with E-state index in [1.807, 2.05) is 36.4 Å². The predicted octanol–water partition coefficient (Wildman–Crippen LogP) is 3.58. The van der Waals surface area contributed by atoms with Gasteiger partial charge in [-0.2, -0.15) is 0 Å². The molecule has 1 aliphatic heterocycles. The number of carbonyl (C=O) groups excluding carboxylic acids is 1. The molecule has 5 nitrogen and oxygen atoms in total. The molecule has 1 aliphatic rings. The molecule has 1 saturated heterocycles. The fraction of sp³-hybridized carbons (Fsp3) is 0.320. The molecule has 156 valence electrons. The standard InChI is InChI=1S/C25H28N2O3/c1-29-22-10-5-9-21(16-22)24(27-12-14-30-15-13-27)18-26-25(28)17-20-8-4-7-19-6-2-3-11-23(19)20/h2-11,16,24H,12-15,17-18H2,1H3,(H,26,28)/t24-/m0/s1. The number of hydrogen-bond donors (Lipinski definition) is 1. The molecule has 0 aliphatic carbocycles. The van der Waals surface area contributed by atoms with E-state index in [9.17, 15) is 4.79 Å². The average molecular weight is 405 g/mol. The Bertz CT molecular complexity index is 993. The van der Waals surface area contributed by atoms with E-state index in [4.69, 9.17) is 9.47 Å². The van der Waals surface area contributed by atoms with E-state index in [1.54, 1.807) is 7.11 Å². The first-order valence-electron chi connectivity index (χ1n) is 10.4. The molecule has 0 spiro atoms. The zero-order valence-corrected chi connectivity index (χ0v) is 17.3. The van der Waals surface area contributed by atoms with Crippen molar-refractivity contribution in [3.05, 3.63) is 77.9 Å². The van der Waals surface area contributed by atoms with Crippen molar-refractivity contribution in [3.8, 4) is 5.75 Å². The van der Waals surface area contributed by atoms with Crippen LogP contribution < -0.4 is 10.1 Å². The van der Waals surface area contributed by atoms with Crippen molar-refractivity contribution < 1.29 is 14.3 Å². The van der Waals surface area contributed by atoms with Crippen LogP contribution in [0.1, 0.15) is 17.2 Å². The normalized spacial score (nSPS) is 15.6. The number of methoxy groups -OCH3 is 1. The number of benzene rings is 3. The summed E-state index contributed by atoms with van der Waals surface area (Å²) in [6.45, 7) is 3.67. The molecule has 30 heavy (non-hydrogen) atoms. The van der Waals surface area contributed by atoms with E-state index in [-0.39, 0.29) is 11.9 Å². The third-order valence-corrected chi connectivity index (χ3v) is 5.69. The van der Waals surface area contributed by atoms with Gasteiger partial charge in [-0.05, 0) is 34.0 Å². The van der Waals surface area contributed by atoms with E-state index >= 15 is 0 Å². The minimum atomic E-state index is 0.0347. The van der Waals surface area contributed by atoms with Gasteiger partial charge < -0.3 is 14.8 Å². The van der Waals surface area contributed by atoms with Gasteiger partial charge in [0.15, 0.2) is 0 Å². The number of nitrogens with one attached hydrogen (secondary N) is 1. The highest BCUT2D eigenvalue weighted by molar-refractivity contribution is 5.90. The van der Waals surface area contributed by atoms with Crippen LogP contribution in [-0.2, 0) is 16.0 Å². The van der Waals surface area contributed by atoms with E-state index in [1.165, 1.54) is 0 Å². The maximum atomic E-state index is 12.8. The summed E-state index contributed by atoms with van der Waals surface area (Å²) >= 11 is 0. The fourth-order valence-electron chi connectivity index (χ4n) is 4.09. The lowest BCUT2D eigenvalue weighted by atomic mass is 10.0. The molecule has 1 heterocycles. The molecule has 3 aromatic carbocycles. The van der Waals surface area contributed by atoms with Crippen LogP contribution in [-0.4, -0.2) is 50.8 Å². The zero-order valence-electron chi connectivity index (χ0n) is 17.3. The minimum Gasteiger partial charge on any atom is -0.497 e. The summed E-state index contributed by atoms with van der Waals surface area (Å²) in [4.78, 5) is 15.2. The molecule has 5 heteroatoms. The van der Waals surface area contributed by atoms with Crippen molar-refractivity contribution in [1.29, 1.82) is 0 Å². The Balaban J connectivity index is 1.48. The lowest BCUT2D eigenvalue weighted by Crippen LogP contribution is -2.44. The summed E-state index contributed by atoms with van der Waals surface area (Å²) in [5.41, 5.74) is 2.19. The zero-order chi connectivity index (χ0) is 20.8. The van der Waals surface area contributed by atoms with E-state index in [2.05, 4.69) is 40.5 Å². The van der Waals surface area contributed by atoms with E-state index in [0.29, 0.717) is 26.2 Å². The molecular weight excluding hydrogens is 376 g/mol. The van der Waals surface area contributed by atoms with Gasteiger partial charge in [-0.3, -0.25) is 9.69 Å². The van der Waals surface area contributed by atoms with Crippen LogP contribution in [0.15, 0.2) is 66.7 Å². The fourth-order valence-corrected chi connectivity index (χ4v) is 4.09. The Hall–Kier alpha value is -2.89. The number of rotatable bonds is 7. The van der Waals surface area contributed by atoms with Gasteiger partial charge in [0, 0.05) is 19.6 Å². The minimum absolute atomic E-state index is 0.0347. The number of ether oxygens (including phenoxy) is 2. The highest BCUT2D eigenvalue weighted by atomic mass is 16.5. The second-order valence-corrected chi connectivity index (χ2v) is 7.56. The summed E-state index contributed by atoms with van der Waals surface area (Å²) in [7, 11) is 1.68. The number of hydrogen-bond acceptors (Lipinski definition) is 4. The lowest BCUT2D eigenvalue weighted by Gasteiger charge is -2.35. The summed E-state index contributed by atoms with van der Waals surface area (Å²) in [5, 5.41) is 5.46. The maximum Gasteiger partial charge on any atom is 0.224 e. The molecule has 4 rings (SSSR count). The SMILES string of the molecule is COc1cccc([C@H](CNC(=O)Cc2cccc3ccccc23)N2CCOCC2)c1. The first-order chi connectivity index (χ1) is 14.7. The van der Waals surface area contributed by atoms with Gasteiger partial charge in [-0.25, -0.2) is 0 Å². The van der Waals surface area contributed by atoms with Crippen molar-refractivity contribution in [1.82, 2.24) is 10.2 Å². The van der Waals surface area contributed by atoms with Crippen molar-refractivity contribution in [3.63, 3.8) is 0 Å². The summed E-state index contributed by atoms with van der Waals surface area (Å²) in [5.74, 6) is 0.861. The van der Waals surface area contributed by atoms with Gasteiger partial charge in [0.1, 0.15) is 5.75 Å². The summed E-state index contributed by atoms with van der Waals surface area (Å²) in [6.07, 6.45) is 0.370. The van der Waals surface area contributed by atoms with Crippen LogP contribution in [0.5, 0.6) is 5.75 Å². The smallest absolute Gasteiger partial charge is 0.224 e. The van der Waals surface area contributed by atoms with Crippen LogP contribution >= 0.6 is 0 Å². The van der Waals surface area contributed by atoms with Crippen LogP contribution in [0, 0.1) is 0 Å². The summed E-state index contributed by atoms with van der Waals surface area (Å²) < 4.78 is 10.9. The highest BCUT2D eigenvalue weighted by Crippen LogP contribution is 2.25. The third-order valence-electron chi connectivity index (χ3n) is 5.69. The molecular formula is C25H28N2O3. The molecule has 0 bridgehead atoms. The number of nitrogens with zero attached hydrogens (tertiary/aromatic N) is 1. The predicted molar refractivity (Wildman–Crippen MR) is 119 cm³/mol. The third kappa shape index (κ3) is 4.81. The Kier molecular flexibility index (Phi) is 6.62. The van der Waals surface area contributed by atoms with Crippen LogP contribution in [0.2, 0.25) is 0 Å². The lowest BCUT2D eigenvalue weighted by molar-refractivity contribution is -0.120. The Morgan fingerprint density at radius 1 is 1.07 bits per heavy atom. The molecule has 1 atom stereocenters. The number of fused-ring (bicyclic) bond motifs is 1. The maximum absolute atomic E-state index is 12.8. The molecule has 1 amide bonds. The second-order valence-electron chi connectivity index (χ2n) is 7.56. The first kappa shape index (κ1) is 20.4. The van der Waals surface area contributed by atoms with Gasteiger partial charge in [-0.15, -0.1) is 0 Å². The van der Waals surface area contributed by atoms with Gasteiger partial charge in [0.05, 0.1) is 32.8 Å². The monoisotopic (exact) mass is 404 g/mol. The Morgan fingerprint density at radius 3 is 2.67 bits per heavy atom. The van der Waals surface area contributed by atoms with Crippen molar-refractivity contribution in [2.75, 3.05) is 40.0 Å². The van der Waals surface area contributed by atoms with Crippen molar-refractivity contribution in [2.45, 2.75) is 12.5 Å². The quantitative estimate of drug-likeness (QED) is 0.654. The topological polar surface area (TPSA) is 50.8 Å². The highest BCUT2D eigenvalue weighted by Gasteiger charge is 2.23.